The minimum Gasteiger partial charge on any atom is -0.498 e. The molecule has 0 saturated carbocycles. The number of ether oxygens (including phenoxy) is 1. The van der Waals surface area contributed by atoms with Gasteiger partial charge in [-0.15, -0.1) is 0 Å². The first-order valence-corrected chi connectivity index (χ1v) is 3.63. The van der Waals surface area contributed by atoms with Crippen molar-refractivity contribution in [3.05, 3.63) is 12.3 Å². The Morgan fingerprint density at radius 2 is 2.27 bits per heavy atom. The lowest BCUT2D eigenvalue weighted by Crippen LogP contribution is -2.37. The zero-order valence-corrected chi connectivity index (χ0v) is 6.65. The van der Waals surface area contributed by atoms with Crippen molar-refractivity contribution >= 4 is 5.78 Å². The highest BCUT2D eigenvalue weighted by molar-refractivity contribution is 5.79. The fourth-order valence-corrected chi connectivity index (χ4v) is 1.30. The van der Waals surface area contributed by atoms with E-state index in [2.05, 4.69) is 0 Å². The van der Waals surface area contributed by atoms with Gasteiger partial charge in [0, 0.05) is 0 Å². The van der Waals surface area contributed by atoms with Crippen LogP contribution in [0.2, 0.25) is 0 Å². The fraction of sp³-hybridized carbons (Fsp3) is 0.625. The van der Waals surface area contributed by atoms with Crippen LogP contribution in [0.4, 0.5) is 0 Å². The molecule has 1 aliphatic heterocycles. The molecule has 0 amide bonds. The van der Waals surface area contributed by atoms with Crippen LogP contribution in [0.15, 0.2) is 12.3 Å². The van der Waals surface area contributed by atoms with Crippen molar-refractivity contribution in [3.63, 3.8) is 0 Å². The Hall–Kier alpha value is -0.830. The molecule has 0 saturated heterocycles. The zero-order chi connectivity index (χ0) is 8.43. The van der Waals surface area contributed by atoms with Gasteiger partial charge >= 0.3 is 0 Å². The van der Waals surface area contributed by atoms with Crippen molar-refractivity contribution < 1.29 is 14.6 Å². The quantitative estimate of drug-likeness (QED) is 0.600. The van der Waals surface area contributed by atoms with Gasteiger partial charge in [0.15, 0.2) is 0 Å². The number of rotatable bonds is 1. The van der Waals surface area contributed by atoms with Crippen molar-refractivity contribution in [1.82, 2.24) is 0 Å². The molecule has 0 aromatic rings. The SMILES string of the molecule is CC(=O)C1C(O)C=COC1C. The van der Waals surface area contributed by atoms with E-state index in [4.69, 9.17) is 4.74 Å². The summed E-state index contributed by atoms with van der Waals surface area (Å²) in [5, 5.41) is 9.32. The summed E-state index contributed by atoms with van der Waals surface area (Å²) in [5.41, 5.74) is 0. The first kappa shape index (κ1) is 8.27. The standard InChI is InChI=1S/C8H12O3/c1-5(9)8-6(2)11-4-3-7(8)10/h3-4,6-8,10H,1-2H3. The number of aliphatic hydroxyl groups excluding tert-OH is 1. The maximum atomic E-state index is 10.9. The first-order valence-electron chi connectivity index (χ1n) is 3.63. The number of Topliss-reactive ketones (excluding diaryl/α,β-unsaturated/α-hetero) is 1. The third kappa shape index (κ3) is 1.60. The van der Waals surface area contributed by atoms with Crippen LogP contribution in [0, 0.1) is 5.92 Å². The van der Waals surface area contributed by atoms with E-state index >= 15 is 0 Å². The van der Waals surface area contributed by atoms with Gasteiger partial charge in [-0.2, -0.15) is 0 Å². The van der Waals surface area contributed by atoms with Crippen molar-refractivity contribution in [2.75, 3.05) is 0 Å². The molecule has 1 N–H and O–H groups in total. The molecule has 3 heteroatoms. The second-order valence-corrected chi connectivity index (χ2v) is 2.80. The molecule has 3 nitrogen and oxygen atoms in total. The van der Waals surface area contributed by atoms with Gasteiger partial charge in [0.05, 0.1) is 18.3 Å². The highest BCUT2D eigenvalue weighted by Crippen LogP contribution is 2.19. The van der Waals surface area contributed by atoms with E-state index in [1.54, 1.807) is 6.92 Å². The molecular formula is C8H12O3. The minimum atomic E-state index is -0.684. The summed E-state index contributed by atoms with van der Waals surface area (Å²) in [6.07, 6.45) is 2.03. The van der Waals surface area contributed by atoms with Crippen molar-refractivity contribution in [2.24, 2.45) is 5.92 Å². The summed E-state index contributed by atoms with van der Waals surface area (Å²) in [6.45, 7) is 3.24. The van der Waals surface area contributed by atoms with Crippen LogP contribution in [-0.2, 0) is 9.53 Å². The number of carbonyl (C=O) groups is 1. The maximum Gasteiger partial charge on any atom is 0.139 e. The molecule has 3 atom stereocenters. The second kappa shape index (κ2) is 3.05. The predicted molar refractivity (Wildman–Crippen MR) is 39.9 cm³/mol. The molecular weight excluding hydrogens is 144 g/mol. The van der Waals surface area contributed by atoms with Crippen molar-refractivity contribution in [1.29, 1.82) is 0 Å². The Labute approximate surface area is 65.7 Å². The van der Waals surface area contributed by atoms with Crippen LogP contribution in [0.1, 0.15) is 13.8 Å². The Morgan fingerprint density at radius 1 is 1.64 bits per heavy atom. The molecule has 0 aromatic heterocycles. The molecule has 62 valence electrons. The summed E-state index contributed by atoms with van der Waals surface area (Å²) in [6, 6.07) is 0. The van der Waals surface area contributed by atoms with Gasteiger partial charge < -0.3 is 9.84 Å². The van der Waals surface area contributed by atoms with Gasteiger partial charge in [-0.3, -0.25) is 4.79 Å². The third-order valence-electron chi connectivity index (χ3n) is 1.91. The van der Waals surface area contributed by atoms with E-state index in [9.17, 15) is 9.90 Å². The van der Waals surface area contributed by atoms with E-state index in [1.807, 2.05) is 0 Å². The summed E-state index contributed by atoms with van der Waals surface area (Å²) >= 11 is 0. The predicted octanol–water partition coefficient (Wildman–Crippen LogP) is 0.485. The van der Waals surface area contributed by atoms with Crippen LogP contribution >= 0.6 is 0 Å². The first-order chi connectivity index (χ1) is 5.13. The zero-order valence-electron chi connectivity index (χ0n) is 6.65. The van der Waals surface area contributed by atoms with Gasteiger partial charge in [0.2, 0.25) is 0 Å². The molecule has 0 fully saturated rings. The van der Waals surface area contributed by atoms with E-state index in [0.717, 1.165) is 0 Å². The Balaban J connectivity index is 2.74. The van der Waals surface area contributed by atoms with Gasteiger partial charge in [-0.1, -0.05) is 0 Å². The molecule has 3 unspecified atom stereocenters. The van der Waals surface area contributed by atoms with Crippen molar-refractivity contribution in [2.45, 2.75) is 26.1 Å². The summed E-state index contributed by atoms with van der Waals surface area (Å²) < 4.78 is 5.06. The highest BCUT2D eigenvalue weighted by atomic mass is 16.5. The van der Waals surface area contributed by atoms with Crippen LogP contribution in [-0.4, -0.2) is 23.1 Å². The molecule has 1 aliphatic rings. The number of ketones is 1. The van der Waals surface area contributed by atoms with E-state index < -0.39 is 12.0 Å². The van der Waals surface area contributed by atoms with Crippen LogP contribution in [0.25, 0.3) is 0 Å². The highest BCUT2D eigenvalue weighted by Gasteiger charge is 2.31. The smallest absolute Gasteiger partial charge is 0.139 e. The van der Waals surface area contributed by atoms with Gasteiger partial charge in [-0.25, -0.2) is 0 Å². The molecule has 0 bridgehead atoms. The normalized spacial score (nSPS) is 36.5. The maximum absolute atomic E-state index is 10.9. The lowest BCUT2D eigenvalue weighted by atomic mass is 9.91. The summed E-state index contributed by atoms with van der Waals surface area (Å²) in [4.78, 5) is 10.9. The fourth-order valence-electron chi connectivity index (χ4n) is 1.30. The van der Waals surface area contributed by atoms with Gasteiger partial charge in [0.25, 0.3) is 0 Å². The van der Waals surface area contributed by atoms with Gasteiger partial charge in [0.1, 0.15) is 11.9 Å². The lowest BCUT2D eigenvalue weighted by Gasteiger charge is -2.27. The molecule has 0 spiro atoms. The number of hydrogen-bond donors (Lipinski definition) is 1. The third-order valence-corrected chi connectivity index (χ3v) is 1.91. The molecule has 0 aromatic carbocycles. The Kier molecular flexibility index (Phi) is 2.29. The van der Waals surface area contributed by atoms with Crippen molar-refractivity contribution in [3.8, 4) is 0 Å². The molecule has 0 radical (unpaired) electrons. The Bertz CT molecular complexity index is 186. The van der Waals surface area contributed by atoms with Gasteiger partial charge in [-0.05, 0) is 19.9 Å². The van der Waals surface area contributed by atoms with E-state index in [1.165, 1.54) is 19.3 Å². The van der Waals surface area contributed by atoms with E-state index in [0.29, 0.717) is 0 Å². The molecule has 1 rings (SSSR count). The average Bonchev–Trinajstić information content (AvgIpc) is 1.85. The summed E-state index contributed by atoms with van der Waals surface area (Å²) in [7, 11) is 0. The van der Waals surface area contributed by atoms with Crippen LogP contribution in [0.5, 0.6) is 0 Å². The molecule has 1 heterocycles. The number of carbonyl (C=O) groups excluding carboxylic acids is 1. The minimum absolute atomic E-state index is 0.0330. The van der Waals surface area contributed by atoms with Crippen LogP contribution < -0.4 is 0 Å². The molecule has 0 aliphatic carbocycles. The number of aliphatic hydroxyl groups is 1. The monoisotopic (exact) mass is 156 g/mol. The molecule has 11 heavy (non-hydrogen) atoms. The van der Waals surface area contributed by atoms with E-state index in [-0.39, 0.29) is 11.9 Å². The topological polar surface area (TPSA) is 46.5 Å². The second-order valence-electron chi connectivity index (χ2n) is 2.80. The average molecular weight is 156 g/mol. The van der Waals surface area contributed by atoms with Crippen LogP contribution in [0.3, 0.4) is 0 Å². The Morgan fingerprint density at radius 3 is 2.64 bits per heavy atom. The number of hydrogen-bond acceptors (Lipinski definition) is 3. The lowest BCUT2D eigenvalue weighted by molar-refractivity contribution is -0.128. The largest absolute Gasteiger partial charge is 0.498 e. The summed E-state index contributed by atoms with van der Waals surface area (Å²) in [5.74, 6) is -0.436.